The van der Waals surface area contributed by atoms with E-state index in [4.69, 9.17) is 0 Å². The van der Waals surface area contributed by atoms with Crippen LogP contribution < -0.4 is 4.90 Å². The first-order valence-electron chi connectivity index (χ1n) is 5.42. The van der Waals surface area contributed by atoms with Gasteiger partial charge in [-0.3, -0.25) is 4.79 Å². The molecule has 2 N–H and O–H groups in total. The first-order chi connectivity index (χ1) is 8.52. The van der Waals surface area contributed by atoms with Crippen LogP contribution in [-0.2, 0) is 9.53 Å². The molecular weight excluding hydrogens is 238 g/mol. The number of methoxy groups -OCH3 is 1. The number of carbonyl (C=O) groups is 2. The number of phenolic OH excluding ortho intramolecular Hbond substituents is 1. The zero-order valence-corrected chi connectivity index (χ0v) is 9.79. The molecule has 0 aliphatic carbocycles. The number of aliphatic hydroxyl groups excluding tert-OH is 1. The van der Waals surface area contributed by atoms with Gasteiger partial charge in [0, 0.05) is 0 Å². The van der Waals surface area contributed by atoms with Crippen LogP contribution in [0.4, 0.5) is 5.69 Å². The van der Waals surface area contributed by atoms with Crippen LogP contribution in [0.2, 0.25) is 0 Å². The zero-order chi connectivity index (χ0) is 13.3. The van der Waals surface area contributed by atoms with Gasteiger partial charge < -0.3 is 19.8 Å². The van der Waals surface area contributed by atoms with Crippen molar-refractivity contribution < 1.29 is 24.5 Å². The van der Waals surface area contributed by atoms with Crippen LogP contribution in [0.5, 0.6) is 5.75 Å². The smallest absolute Gasteiger partial charge is 0.340 e. The molecular formula is C12H13NO5. The molecule has 0 bridgehead atoms. The van der Waals surface area contributed by atoms with Crippen molar-refractivity contribution >= 4 is 17.6 Å². The van der Waals surface area contributed by atoms with Gasteiger partial charge in [-0.05, 0) is 18.2 Å². The van der Waals surface area contributed by atoms with Crippen LogP contribution in [0.1, 0.15) is 16.8 Å². The second-order valence-electron chi connectivity index (χ2n) is 4.06. The summed E-state index contributed by atoms with van der Waals surface area (Å²) in [5, 5.41) is 18.8. The Bertz CT molecular complexity index is 499. The monoisotopic (exact) mass is 251 g/mol. The summed E-state index contributed by atoms with van der Waals surface area (Å²) in [4.78, 5) is 24.6. The van der Waals surface area contributed by atoms with Crippen LogP contribution in [0, 0.1) is 0 Å². The number of carbonyl (C=O) groups excluding carboxylic acids is 2. The van der Waals surface area contributed by atoms with E-state index in [-0.39, 0.29) is 30.2 Å². The maximum absolute atomic E-state index is 11.7. The van der Waals surface area contributed by atoms with E-state index >= 15 is 0 Å². The number of rotatable bonds is 2. The number of aromatic hydroxyl groups is 1. The number of esters is 1. The van der Waals surface area contributed by atoms with Gasteiger partial charge in [0.05, 0.1) is 37.4 Å². The van der Waals surface area contributed by atoms with Crippen molar-refractivity contribution in [3.63, 3.8) is 0 Å². The number of anilines is 1. The molecule has 0 saturated carbocycles. The van der Waals surface area contributed by atoms with E-state index in [0.717, 1.165) is 0 Å². The van der Waals surface area contributed by atoms with E-state index in [2.05, 4.69) is 4.74 Å². The number of nitrogens with zero attached hydrogens (tertiary/aromatic N) is 1. The van der Waals surface area contributed by atoms with Crippen molar-refractivity contribution in [1.29, 1.82) is 0 Å². The average molecular weight is 251 g/mol. The van der Waals surface area contributed by atoms with Crippen LogP contribution in [0.3, 0.4) is 0 Å². The molecule has 6 nitrogen and oxygen atoms in total. The first-order valence-corrected chi connectivity index (χ1v) is 5.42. The van der Waals surface area contributed by atoms with Gasteiger partial charge in [-0.2, -0.15) is 0 Å². The second kappa shape index (κ2) is 4.66. The maximum atomic E-state index is 11.7. The minimum absolute atomic E-state index is 0.0293. The summed E-state index contributed by atoms with van der Waals surface area (Å²) in [6.45, 7) is 0.133. The van der Waals surface area contributed by atoms with Crippen molar-refractivity contribution in [2.24, 2.45) is 0 Å². The Kier molecular flexibility index (Phi) is 3.20. The Hall–Kier alpha value is -2.08. The van der Waals surface area contributed by atoms with Crippen LogP contribution in [0.25, 0.3) is 0 Å². The van der Waals surface area contributed by atoms with Gasteiger partial charge in [0.1, 0.15) is 5.75 Å². The summed E-state index contributed by atoms with van der Waals surface area (Å²) in [5.74, 6) is -1.00. The molecule has 1 atom stereocenters. The van der Waals surface area contributed by atoms with Crippen molar-refractivity contribution in [2.45, 2.75) is 12.5 Å². The molecule has 1 aliphatic heterocycles. The van der Waals surface area contributed by atoms with Crippen LogP contribution >= 0.6 is 0 Å². The molecule has 2 rings (SSSR count). The van der Waals surface area contributed by atoms with Gasteiger partial charge in [-0.15, -0.1) is 0 Å². The Morgan fingerprint density at radius 3 is 2.78 bits per heavy atom. The minimum Gasteiger partial charge on any atom is -0.508 e. The summed E-state index contributed by atoms with van der Waals surface area (Å²) in [6, 6.07) is 4.07. The summed E-state index contributed by atoms with van der Waals surface area (Å²) in [7, 11) is 1.22. The van der Waals surface area contributed by atoms with Crippen LogP contribution in [-0.4, -0.2) is 41.8 Å². The van der Waals surface area contributed by atoms with Gasteiger partial charge in [0.15, 0.2) is 0 Å². The zero-order valence-electron chi connectivity index (χ0n) is 9.79. The lowest BCUT2D eigenvalue weighted by atomic mass is 10.1. The molecule has 1 amide bonds. The van der Waals surface area contributed by atoms with Gasteiger partial charge in [-0.1, -0.05) is 0 Å². The Morgan fingerprint density at radius 2 is 2.22 bits per heavy atom. The number of ether oxygens (including phenoxy) is 1. The molecule has 1 heterocycles. The Labute approximate surface area is 103 Å². The molecule has 0 spiro atoms. The number of hydrogen-bond acceptors (Lipinski definition) is 5. The Balaban J connectivity index is 2.44. The number of phenols is 1. The van der Waals surface area contributed by atoms with E-state index in [1.165, 1.54) is 30.2 Å². The number of amides is 1. The molecule has 1 aromatic carbocycles. The lowest BCUT2D eigenvalue weighted by Crippen LogP contribution is -2.27. The van der Waals surface area contributed by atoms with Gasteiger partial charge >= 0.3 is 5.97 Å². The first kappa shape index (κ1) is 12.4. The highest BCUT2D eigenvalue weighted by atomic mass is 16.5. The summed E-state index contributed by atoms with van der Waals surface area (Å²) < 4.78 is 4.60. The van der Waals surface area contributed by atoms with Gasteiger partial charge in [0.2, 0.25) is 5.91 Å². The third kappa shape index (κ3) is 2.14. The quantitative estimate of drug-likeness (QED) is 0.737. The topological polar surface area (TPSA) is 87.1 Å². The number of β-amino-alcohol motifs (C(OH)–C–C–N with tert-alkyl or cyclic N) is 1. The molecule has 1 fully saturated rings. The van der Waals surface area contributed by atoms with Crippen molar-refractivity contribution in [1.82, 2.24) is 0 Å². The summed E-state index contributed by atoms with van der Waals surface area (Å²) in [5.41, 5.74) is 0.432. The fraction of sp³-hybridized carbons (Fsp3) is 0.333. The highest BCUT2D eigenvalue weighted by Crippen LogP contribution is 2.29. The SMILES string of the molecule is COC(=O)c1cc(O)ccc1N1CC(O)CC1=O. The average Bonchev–Trinajstić information content (AvgIpc) is 2.67. The second-order valence-corrected chi connectivity index (χ2v) is 4.06. The number of benzene rings is 1. The van der Waals surface area contributed by atoms with E-state index in [9.17, 15) is 19.8 Å². The molecule has 1 unspecified atom stereocenters. The molecule has 0 aromatic heterocycles. The van der Waals surface area contributed by atoms with E-state index < -0.39 is 12.1 Å². The minimum atomic E-state index is -0.739. The third-order valence-corrected chi connectivity index (χ3v) is 2.78. The van der Waals surface area contributed by atoms with E-state index in [1.54, 1.807) is 0 Å². The fourth-order valence-corrected chi connectivity index (χ4v) is 1.95. The normalized spacial score (nSPS) is 19.1. The molecule has 0 radical (unpaired) electrons. The molecule has 96 valence electrons. The largest absolute Gasteiger partial charge is 0.508 e. The number of hydrogen-bond donors (Lipinski definition) is 2. The van der Waals surface area contributed by atoms with E-state index in [1.807, 2.05) is 0 Å². The molecule has 1 aromatic rings. The maximum Gasteiger partial charge on any atom is 0.340 e. The highest BCUT2D eigenvalue weighted by Gasteiger charge is 2.31. The fourth-order valence-electron chi connectivity index (χ4n) is 1.95. The molecule has 1 saturated heterocycles. The van der Waals surface area contributed by atoms with Crippen LogP contribution in [0.15, 0.2) is 18.2 Å². The van der Waals surface area contributed by atoms with Crippen molar-refractivity contribution in [2.75, 3.05) is 18.6 Å². The molecule has 18 heavy (non-hydrogen) atoms. The lowest BCUT2D eigenvalue weighted by Gasteiger charge is -2.18. The summed E-state index contributed by atoms with van der Waals surface area (Å²) in [6.07, 6.45) is -0.710. The third-order valence-electron chi connectivity index (χ3n) is 2.78. The van der Waals surface area contributed by atoms with Gasteiger partial charge in [0.25, 0.3) is 0 Å². The Morgan fingerprint density at radius 1 is 1.50 bits per heavy atom. The summed E-state index contributed by atoms with van der Waals surface area (Å²) >= 11 is 0. The lowest BCUT2D eigenvalue weighted by molar-refractivity contribution is -0.117. The van der Waals surface area contributed by atoms with Gasteiger partial charge in [-0.25, -0.2) is 4.79 Å². The predicted molar refractivity (Wildman–Crippen MR) is 62.4 cm³/mol. The molecule has 6 heteroatoms. The standard InChI is InChI=1S/C12H13NO5/c1-18-12(17)9-4-7(14)2-3-10(9)13-6-8(15)5-11(13)16/h2-4,8,14-15H,5-6H2,1H3. The number of aliphatic hydroxyl groups is 1. The predicted octanol–water partition coefficient (Wildman–Crippen LogP) is 0.276. The van der Waals surface area contributed by atoms with E-state index in [0.29, 0.717) is 5.69 Å². The highest BCUT2D eigenvalue weighted by molar-refractivity contribution is 6.04. The van der Waals surface area contributed by atoms with Crippen molar-refractivity contribution in [3.05, 3.63) is 23.8 Å². The van der Waals surface area contributed by atoms with Crippen molar-refractivity contribution in [3.8, 4) is 5.75 Å². The molecule has 1 aliphatic rings.